The average molecular weight is 516 g/mol. The second-order valence-corrected chi connectivity index (χ2v) is 11.4. The number of ether oxygens (including phenoxy) is 3. The lowest BCUT2D eigenvalue weighted by molar-refractivity contribution is -0.155. The van der Waals surface area contributed by atoms with E-state index in [9.17, 15) is 24.0 Å². The van der Waals surface area contributed by atoms with Crippen LogP contribution in [0.25, 0.3) is 0 Å². The van der Waals surface area contributed by atoms with Crippen molar-refractivity contribution in [3.63, 3.8) is 0 Å². The van der Waals surface area contributed by atoms with Crippen molar-refractivity contribution in [1.29, 1.82) is 0 Å². The topological polar surface area (TPSA) is 149 Å². The molecule has 0 aromatic rings. The Balaban J connectivity index is 4.88. The first kappa shape index (κ1) is 33.1. The molecule has 36 heavy (non-hydrogen) atoms. The van der Waals surface area contributed by atoms with Crippen molar-refractivity contribution in [3.05, 3.63) is 0 Å². The summed E-state index contributed by atoms with van der Waals surface area (Å²) in [6.07, 6.45) is -0.232. The standard InChI is InChI=1S/C25H45N3O8/c1-23(2,3)34-18(29)12-15-26-20(31)17(11-10-14-28-22(33)36-25(7,8)9)21(32)27-16-13-19(30)35-24(4,5)6/h17H,10-16H2,1-9H3,(H,26,31)(H,27,32)(H,28,33). The minimum atomic E-state index is -1.08. The van der Waals surface area contributed by atoms with Crippen LogP contribution in [0.1, 0.15) is 88.0 Å². The predicted octanol–water partition coefficient (Wildman–Crippen LogP) is 2.60. The number of esters is 2. The molecule has 0 radical (unpaired) electrons. The van der Waals surface area contributed by atoms with Crippen LogP contribution in [-0.4, -0.2) is 66.3 Å². The fourth-order valence-electron chi connectivity index (χ4n) is 2.80. The fraction of sp³-hybridized carbons (Fsp3) is 0.800. The van der Waals surface area contributed by atoms with Gasteiger partial charge < -0.3 is 30.2 Å². The minimum absolute atomic E-state index is 0.00555. The van der Waals surface area contributed by atoms with Crippen molar-refractivity contribution in [1.82, 2.24) is 16.0 Å². The molecule has 0 unspecified atom stereocenters. The van der Waals surface area contributed by atoms with Crippen LogP contribution in [0.15, 0.2) is 0 Å². The van der Waals surface area contributed by atoms with Gasteiger partial charge in [0.05, 0.1) is 12.8 Å². The highest BCUT2D eigenvalue weighted by atomic mass is 16.6. The van der Waals surface area contributed by atoms with Crippen LogP contribution in [0.3, 0.4) is 0 Å². The number of carbonyl (C=O) groups is 5. The van der Waals surface area contributed by atoms with Crippen LogP contribution in [0.5, 0.6) is 0 Å². The molecule has 0 bridgehead atoms. The van der Waals surface area contributed by atoms with Gasteiger partial charge in [-0.15, -0.1) is 0 Å². The number of rotatable bonds is 12. The van der Waals surface area contributed by atoms with Crippen LogP contribution in [-0.2, 0) is 33.4 Å². The van der Waals surface area contributed by atoms with E-state index in [4.69, 9.17) is 14.2 Å². The van der Waals surface area contributed by atoms with Gasteiger partial charge in [-0.25, -0.2) is 4.79 Å². The number of nitrogens with one attached hydrogen (secondary N) is 3. The Morgan fingerprint density at radius 1 is 0.583 bits per heavy atom. The summed E-state index contributed by atoms with van der Waals surface area (Å²) >= 11 is 0. The number of hydrogen-bond acceptors (Lipinski definition) is 8. The van der Waals surface area contributed by atoms with Gasteiger partial charge in [0.15, 0.2) is 0 Å². The van der Waals surface area contributed by atoms with Crippen molar-refractivity contribution in [2.24, 2.45) is 5.92 Å². The predicted molar refractivity (Wildman–Crippen MR) is 134 cm³/mol. The zero-order chi connectivity index (χ0) is 28.2. The summed E-state index contributed by atoms with van der Waals surface area (Å²) in [6.45, 7) is 15.9. The van der Waals surface area contributed by atoms with Gasteiger partial charge >= 0.3 is 18.0 Å². The van der Waals surface area contributed by atoms with Crippen LogP contribution in [0.2, 0.25) is 0 Å². The molecule has 0 aromatic heterocycles. The summed E-state index contributed by atoms with van der Waals surface area (Å²) in [5, 5.41) is 7.76. The Kier molecular flexibility index (Phi) is 13.5. The quantitative estimate of drug-likeness (QED) is 0.155. The normalized spacial score (nSPS) is 11.9. The van der Waals surface area contributed by atoms with Crippen molar-refractivity contribution >= 4 is 29.8 Å². The molecule has 3 N–H and O–H groups in total. The van der Waals surface area contributed by atoms with E-state index in [0.29, 0.717) is 6.42 Å². The van der Waals surface area contributed by atoms with Crippen molar-refractivity contribution in [2.75, 3.05) is 19.6 Å². The molecule has 0 rings (SSSR count). The lowest BCUT2D eigenvalue weighted by Crippen LogP contribution is -2.43. The summed E-state index contributed by atoms with van der Waals surface area (Å²) in [7, 11) is 0. The molecule has 0 spiro atoms. The van der Waals surface area contributed by atoms with Gasteiger partial charge in [0.2, 0.25) is 11.8 Å². The van der Waals surface area contributed by atoms with Crippen LogP contribution in [0, 0.1) is 5.92 Å². The molecule has 0 heterocycles. The molecular formula is C25H45N3O8. The molecule has 0 aliphatic rings. The molecule has 0 atom stereocenters. The van der Waals surface area contributed by atoms with Crippen molar-refractivity contribution in [3.8, 4) is 0 Å². The number of hydrogen-bond donors (Lipinski definition) is 3. The van der Waals surface area contributed by atoms with E-state index < -0.39 is 52.6 Å². The summed E-state index contributed by atoms with van der Waals surface area (Å²) < 4.78 is 15.6. The smallest absolute Gasteiger partial charge is 0.407 e. The number of carbonyl (C=O) groups excluding carboxylic acids is 5. The number of alkyl carbamates (subject to hydrolysis) is 1. The van der Waals surface area contributed by atoms with Gasteiger partial charge in [-0.05, 0) is 75.2 Å². The summed E-state index contributed by atoms with van der Waals surface area (Å²) in [5.41, 5.74) is -1.92. The molecule has 0 fully saturated rings. The third-order valence-electron chi connectivity index (χ3n) is 4.07. The zero-order valence-electron chi connectivity index (χ0n) is 23.3. The first-order valence-corrected chi connectivity index (χ1v) is 12.2. The zero-order valence-corrected chi connectivity index (χ0v) is 23.3. The number of amides is 3. The molecule has 208 valence electrons. The summed E-state index contributed by atoms with van der Waals surface area (Å²) in [6, 6.07) is 0. The second-order valence-electron chi connectivity index (χ2n) is 11.4. The first-order valence-electron chi connectivity index (χ1n) is 12.2. The highest BCUT2D eigenvalue weighted by Crippen LogP contribution is 2.11. The van der Waals surface area contributed by atoms with E-state index in [1.807, 2.05) is 0 Å². The monoisotopic (exact) mass is 515 g/mol. The van der Waals surface area contributed by atoms with E-state index in [-0.39, 0.29) is 38.9 Å². The lowest BCUT2D eigenvalue weighted by Gasteiger charge is -2.21. The van der Waals surface area contributed by atoms with E-state index in [1.54, 1.807) is 62.3 Å². The highest BCUT2D eigenvalue weighted by molar-refractivity contribution is 6.00. The van der Waals surface area contributed by atoms with E-state index in [0.717, 1.165) is 0 Å². The first-order chi connectivity index (χ1) is 16.3. The van der Waals surface area contributed by atoms with Gasteiger partial charge in [0.25, 0.3) is 0 Å². The maximum atomic E-state index is 12.7. The molecule has 0 saturated carbocycles. The Morgan fingerprint density at radius 3 is 1.33 bits per heavy atom. The molecule has 0 aromatic carbocycles. The molecule has 0 aliphatic heterocycles. The maximum Gasteiger partial charge on any atom is 0.407 e. The Morgan fingerprint density at radius 2 is 0.972 bits per heavy atom. The Hall–Kier alpha value is -2.85. The molecule has 11 nitrogen and oxygen atoms in total. The second kappa shape index (κ2) is 14.6. The van der Waals surface area contributed by atoms with Crippen LogP contribution >= 0.6 is 0 Å². The molecule has 0 aliphatic carbocycles. The van der Waals surface area contributed by atoms with Gasteiger partial charge in [0, 0.05) is 19.6 Å². The largest absolute Gasteiger partial charge is 0.460 e. The van der Waals surface area contributed by atoms with Gasteiger partial charge in [-0.2, -0.15) is 0 Å². The van der Waals surface area contributed by atoms with Crippen LogP contribution in [0.4, 0.5) is 4.79 Å². The average Bonchev–Trinajstić information content (AvgIpc) is 2.63. The van der Waals surface area contributed by atoms with Crippen LogP contribution < -0.4 is 16.0 Å². The third kappa shape index (κ3) is 18.5. The molecule has 3 amide bonds. The van der Waals surface area contributed by atoms with E-state index in [2.05, 4.69) is 16.0 Å². The van der Waals surface area contributed by atoms with Gasteiger partial charge in [-0.3, -0.25) is 19.2 Å². The molecule has 11 heteroatoms. The summed E-state index contributed by atoms with van der Waals surface area (Å²) in [5.74, 6) is -3.15. The van der Waals surface area contributed by atoms with Crippen molar-refractivity contribution in [2.45, 2.75) is 105 Å². The molecular weight excluding hydrogens is 470 g/mol. The Bertz CT molecular complexity index is 715. The van der Waals surface area contributed by atoms with Crippen molar-refractivity contribution < 1.29 is 38.2 Å². The fourth-order valence-corrected chi connectivity index (χ4v) is 2.80. The van der Waals surface area contributed by atoms with E-state index in [1.165, 1.54) is 0 Å². The highest BCUT2D eigenvalue weighted by Gasteiger charge is 2.27. The summed E-state index contributed by atoms with van der Waals surface area (Å²) in [4.78, 5) is 61.0. The lowest BCUT2D eigenvalue weighted by atomic mass is 10.0. The van der Waals surface area contributed by atoms with Gasteiger partial charge in [0.1, 0.15) is 22.7 Å². The van der Waals surface area contributed by atoms with E-state index >= 15 is 0 Å². The molecule has 0 saturated heterocycles. The minimum Gasteiger partial charge on any atom is -0.460 e. The Labute approximate surface area is 214 Å². The SMILES string of the molecule is CC(C)(C)OC(=O)CCNC(=O)C(CCCNC(=O)OC(C)(C)C)C(=O)NCCC(=O)OC(C)(C)C. The van der Waals surface area contributed by atoms with Gasteiger partial charge in [-0.1, -0.05) is 0 Å². The third-order valence-corrected chi connectivity index (χ3v) is 4.07. The maximum absolute atomic E-state index is 12.7.